The quantitative estimate of drug-likeness (QED) is 0.788. The van der Waals surface area contributed by atoms with E-state index in [0.29, 0.717) is 0 Å². The normalized spacial score (nSPS) is 14.2. The lowest BCUT2D eigenvalue weighted by atomic mass is 9.99. The minimum absolute atomic E-state index is 0.248. The van der Waals surface area contributed by atoms with Gasteiger partial charge in [-0.2, -0.15) is 5.10 Å². The summed E-state index contributed by atoms with van der Waals surface area (Å²) in [6, 6.07) is 8.51. The van der Waals surface area contributed by atoms with E-state index in [1.807, 2.05) is 13.0 Å². The summed E-state index contributed by atoms with van der Waals surface area (Å²) in [6.07, 6.45) is 1.54. The molecule has 6 heteroatoms. The van der Waals surface area contributed by atoms with E-state index < -0.39 is 0 Å². The molecule has 3 aromatic rings. The standard InChI is InChI=1S/C16H14FN5/c1-10-8-13(11-2-4-12(17)5-3-11)14(15-18-6-7-19-15)16-20-9-21-22(10)16/h2-5,8-9H,6-7H2,1H3,(H,18,19). The van der Waals surface area contributed by atoms with Crippen LogP contribution in [0.15, 0.2) is 41.7 Å². The molecule has 1 aromatic carbocycles. The van der Waals surface area contributed by atoms with E-state index in [0.717, 1.165) is 47.0 Å². The minimum atomic E-state index is -0.248. The van der Waals surface area contributed by atoms with Gasteiger partial charge < -0.3 is 5.32 Å². The summed E-state index contributed by atoms with van der Waals surface area (Å²) in [5.74, 6) is 0.569. The zero-order valence-electron chi connectivity index (χ0n) is 12.0. The summed E-state index contributed by atoms with van der Waals surface area (Å²) in [5, 5.41) is 7.55. The number of benzene rings is 1. The number of hydrogen-bond donors (Lipinski definition) is 1. The largest absolute Gasteiger partial charge is 0.368 e. The van der Waals surface area contributed by atoms with Crippen LogP contribution in [-0.2, 0) is 0 Å². The topological polar surface area (TPSA) is 54.6 Å². The third-order valence-electron chi connectivity index (χ3n) is 3.79. The lowest BCUT2D eigenvalue weighted by Gasteiger charge is -2.13. The Morgan fingerprint density at radius 1 is 1.23 bits per heavy atom. The van der Waals surface area contributed by atoms with Crippen molar-refractivity contribution in [3.05, 3.63) is 53.7 Å². The van der Waals surface area contributed by atoms with Gasteiger partial charge in [-0.25, -0.2) is 13.9 Å². The van der Waals surface area contributed by atoms with E-state index in [9.17, 15) is 4.39 Å². The first-order valence-corrected chi connectivity index (χ1v) is 7.12. The molecule has 3 heterocycles. The highest BCUT2D eigenvalue weighted by atomic mass is 19.1. The SMILES string of the molecule is Cc1cc(-c2ccc(F)cc2)c(C2=NCCN2)c2ncnn12. The number of amidine groups is 1. The lowest BCUT2D eigenvalue weighted by molar-refractivity contribution is 0.628. The van der Waals surface area contributed by atoms with Gasteiger partial charge in [0, 0.05) is 12.2 Å². The number of aryl methyl sites for hydroxylation is 1. The van der Waals surface area contributed by atoms with E-state index in [-0.39, 0.29) is 5.82 Å². The molecule has 0 bridgehead atoms. The molecule has 110 valence electrons. The third kappa shape index (κ3) is 1.95. The van der Waals surface area contributed by atoms with Crippen LogP contribution in [0.3, 0.4) is 0 Å². The maximum Gasteiger partial charge on any atom is 0.167 e. The second-order valence-corrected chi connectivity index (χ2v) is 5.23. The molecule has 0 unspecified atom stereocenters. The summed E-state index contributed by atoms with van der Waals surface area (Å²) in [5.41, 5.74) is 4.54. The highest BCUT2D eigenvalue weighted by molar-refractivity contribution is 6.10. The average molecular weight is 295 g/mol. The van der Waals surface area contributed by atoms with Crippen molar-refractivity contribution >= 4 is 11.5 Å². The van der Waals surface area contributed by atoms with Crippen LogP contribution in [0.25, 0.3) is 16.8 Å². The van der Waals surface area contributed by atoms with Gasteiger partial charge >= 0.3 is 0 Å². The number of rotatable bonds is 2. The molecule has 4 rings (SSSR count). The van der Waals surface area contributed by atoms with Crippen molar-refractivity contribution in [2.45, 2.75) is 6.92 Å². The third-order valence-corrected chi connectivity index (χ3v) is 3.79. The molecule has 0 fully saturated rings. The summed E-state index contributed by atoms with van der Waals surface area (Å²) < 4.78 is 15.0. The number of fused-ring (bicyclic) bond motifs is 1. The highest BCUT2D eigenvalue weighted by Gasteiger charge is 2.20. The van der Waals surface area contributed by atoms with Crippen LogP contribution in [0, 0.1) is 12.7 Å². The fraction of sp³-hybridized carbons (Fsp3) is 0.188. The number of aromatic nitrogens is 3. The van der Waals surface area contributed by atoms with Crippen molar-refractivity contribution in [3.63, 3.8) is 0 Å². The maximum absolute atomic E-state index is 13.2. The van der Waals surface area contributed by atoms with Crippen molar-refractivity contribution in [1.82, 2.24) is 19.9 Å². The molecule has 22 heavy (non-hydrogen) atoms. The molecule has 0 radical (unpaired) electrons. The number of nitrogens with one attached hydrogen (secondary N) is 1. The summed E-state index contributed by atoms with van der Waals surface area (Å²) in [7, 11) is 0. The van der Waals surface area contributed by atoms with E-state index >= 15 is 0 Å². The van der Waals surface area contributed by atoms with Gasteiger partial charge in [0.2, 0.25) is 0 Å². The molecule has 0 saturated heterocycles. The number of aliphatic imine (C=N–C) groups is 1. The maximum atomic E-state index is 13.2. The second kappa shape index (κ2) is 4.91. The van der Waals surface area contributed by atoms with Crippen LogP contribution in [-0.4, -0.2) is 33.5 Å². The molecule has 2 aromatic heterocycles. The summed E-state index contributed by atoms with van der Waals surface area (Å²) in [4.78, 5) is 8.90. The summed E-state index contributed by atoms with van der Waals surface area (Å²) >= 11 is 0. The van der Waals surface area contributed by atoms with Crippen molar-refractivity contribution < 1.29 is 4.39 Å². The zero-order valence-corrected chi connectivity index (χ0v) is 12.0. The van der Waals surface area contributed by atoms with E-state index in [1.54, 1.807) is 16.6 Å². The minimum Gasteiger partial charge on any atom is -0.368 e. The molecule has 0 spiro atoms. The monoisotopic (exact) mass is 295 g/mol. The van der Waals surface area contributed by atoms with Crippen molar-refractivity contribution in [3.8, 4) is 11.1 Å². The molecule has 1 N–H and O–H groups in total. The fourth-order valence-corrected chi connectivity index (χ4v) is 2.79. The molecular weight excluding hydrogens is 281 g/mol. The van der Waals surface area contributed by atoms with Crippen LogP contribution in [0.1, 0.15) is 11.3 Å². The molecule has 0 saturated carbocycles. The van der Waals surface area contributed by atoms with Gasteiger partial charge in [-0.05, 0) is 36.2 Å². The average Bonchev–Trinajstić information content (AvgIpc) is 3.19. The van der Waals surface area contributed by atoms with Crippen LogP contribution in [0.5, 0.6) is 0 Å². The Balaban J connectivity index is 2.04. The number of halogens is 1. The fourth-order valence-electron chi connectivity index (χ4n) is 2.79. The van der Waals surface area contributed by atoms with Crippen LogP contribution >= 0.6 is 0 Å². The smallest absolute Gasteiger partial charge is 0.167 e. The molecule has 0 atom stereocenters. The van der Waals surface area contributed by atoms with Gasteiger partial charge in [-0.3, -0.25) is 4.99 Å². The number of hydrogen-bond acceptors (Lipinski definition) is 4. The predicted molar refractivity (Wildman–Crippen MR) is 82.5 cm³/mol. The van der Waals surface area contributed by atoms with Crippen molar-refractivity contribution in [2.75, 3.05) is 13.1 Å². The van der Waals surface area contributed by atoms with E-state index in [2.05, 4.69) is 20.4 Å². The number of nitrogens with zero attached hydrogens (tertiary/aromatic N) is 4. The lowest BCUT2D eigenvalue weighted by Crippen LogP contribution is -2.21. The Morgan fingerprint density at radius 3 is 2.77 bits per heavy atom. The van der Waals surface area contributed by atoms with Crippen molar-refractivity contribution in [2.24, 2.45) is 4.99 Å². The van der Waals surface area contributed by atoms with Crippen LogP contribution in [0.2, 0.25) is 0 Å². The molecule has 0 aliphatic carbocycles. The highest BCUT2D eigenvalue weighted by Crippen LogP contribution is 2.28. The van der Waals surface area contributed by atoms with Crippen molar-refractivity contribution in [1.29, 1.82) is 0 Å². The Labute approximate surface area is 126 Å². The second-order valence-electron chi connectivity index (χ2n) is 5.23. The van der Waals surface area contributed by atoms with Gasteiger partial charge in [-0.15, -0.1) is 0 Å². The van der Waals surface area contributed by atoms with Gasteiger partial charge in [0.15, 0.2) is 5.65 Å². The Bertz CT molecular complexity index is 879. The van der Waals surface area contributed by atoms with Crippen LogP contribution < -0.4 is 5.32 Å². The summed E-state index contributed by atoms with van der Waals surface area (Å²) in [6.45, 7) is 3.53. The van der Waals surface area contributed by atoms with Gasteiger partial charge in [0.05, 0.1) is 12.1 Å². The first kappa shape index (κ1) is 12.9. The van der Waals surface area contributed by atoms with E-state index in [1.165, 1.54) is 18.5 Å². The van der Waals surface area contributed by atoms with Gasteiger partial charge in [0.25, 0.3) is 0 Å². The number of pyridine rings is 1. The first-order valence-electron chi connectivity index (χ1n) is 7.12. The van der Waals surface area contributed by atoms with Gasteiger partial charge in [0.1, 0.15) is 18.0 Å². The Hall–Kier alpha value is -2.76. The molecule has 1 aliphatic heterocycles. The Kier molecular flexibility index (Phi) is 2.89. The van der Waals surface area contributed by atoms with Gasteiger partial charge in [-0.1, -0.05) is 12.1 Å². The Morgan fingerprint density at radius 2 is 2.05 bits per heavy atom. The molecule has 5 nitrogen and oxygen atoms in total. The zero-order chi connectivity index (χ0) is 15.1. The first-order chi connectivity index (χ1) is 10.7. The molecule has 0 amide bonds. The molecular formula is C16H14FN5. The predicted octanol–water partition coefficient (Wildman–Crippen LogP) is 2.19. The van der Waals surface area contributed by atoms with Crippen LogP contribution in [0.4, 0.5) is 4.39 Å². The van der Waals surface area contributed by atoms with E-state index in [4.69, 9.17) is 0 Å². The molecule has 1 aliphatic rings.